The van der Waals surface area contributed by atoms with E-state index < -0.39 is 0 Å². The van der Waals surface area contributed by atoms with E-state index in [4.69, 9.17) is 19.9 Å². The van der Waals surface area contributed by atoms with Gasteiger partial charge in [-0.2, -0.15) is 0 Å². The molecule has 2 heterocycles. The number of hydrogen-bond donors (Lipinski definition) is 1. The second kappa shape index (κ2) is 7.15. The van der Waals surface area contributed by atoms with E-state index in [1.165, 1.54) is 0 Å². The van der Waals surface area contributed by atoms with Gasteiger partial charge in [-0.15, -0.1) is 0 Å². The highest BCUT2D eigenvalue weighted by Crippen LogP contribution is 2.41. The van der Waals surface area contributed by atoms with Crippen LogP contribution in [-0.4, -0.2) is 30.7 Å². The van der Waals surface area contributed by atoms with E-state index in [0.29, 0.717) is 17.2 Å². The van der Waals surface area contributed by atoms with Gasteiger partial charge in [0.15, 0.2) is 11.5 Å². The van der Waals surface area contributed by atoms with Gasteiger partial charge in [0.1, 0.15) is 0 Å². The monoisotopic (exact) mass is 375 g/mol. The highest BCUT2D eigenvalue weighted by molar-refractivity contribution is 5.84. The Morgan fingerprint density at radius 2 is 1.61 bits per heavy atom. The van der Waals surface area contributed by atoms with Crippen molar-refractivity contribution >= 4 is 11.2 Å². The fourth-order valence-corrected chi connectivity index (χ4v) is 3.35. The molecule has 0 unspecified atom stereocenters. The lowest BCUT2D eigenvalue weighted by Crippen LogP contribution is -1.97. The number of benzene rings is 2. The largest absolute Gasteiger partial charge is 0.493 e. The zero-order valence-electron chi connectivity index (χ0n) is 16.0. The predicted molar refractivity (Wildman–Crippen MR) is 110 cm³/mol. The molecule has 0 aliphatic rings. The fourth-order valence-electron chi connectivity index (χ4n) is 3.35. The van der Waals surface area contributed by atoms with Crippen molar-refractivity contribution in [3.05, 3.63) is 61.1 Å². The molecule has 0 aliphatic heterocycles. The normalized spacial score (nSPS) is 10.8. The van der Waals surface area contributed by atoms with Crippen LogP contribution in [0.5, 0.6) is 17.2 Å². The average Bonchev–Trinajstić information content (AvgIpc) is 3.17. The minimum absolute atomic E-state index is 0.552. The van der Waals surface area contributed by atoms with Crippen molar-refractivity contribution in [1.29, 1.82) is 0 Å². The molecule has 0 saturated carbocycles. The Morgan fingerprint density at radius 3 is 2.25 bits per heavy atom. The Bertz CT molecular complexity index is 1130. The van der Waals surface area contributed by atoms with Crippen LogP contribution in [0, 0.1) is 0 Å². The summed E-state index contributed by atoms with van der Waals surface area (Å²) < 4.78 is 18.4. The predicted octanol–water partition coefficient (Wildman–Crippen LogP) is 4.28. The van der Waals surface area contributed by atoms with Crippen molar-refractivity contribution in [3.63, 3.8) is 0 Å². The van der Waals surface area contributed by atoms with Crippen LogP contribution in [-0.2, 0) is 0 Å². The second-order valence-corrected chi connectivity index (χ2v) is 6.34. The molecule has 2 aromatic carbocycles. The van der Waals surface area contributed by atoms with E-state index >= 15 is 0 Å². The van der Waals surface area contributed by atoms with E-state index in [0.717, 1.165) is 33.6 Å². The Balaban J connectivity index is 1.90. The summed E-state index contributed by atoms with van der Waals surface area (Å²) in [6.07, 6.45) is 5.76. The van der Waals surface area contributed by atoms with Gasteiger partial charge < -0.3 is 24.3 Å². The molecule has 2 aromatic heterocycles. The van der Waals surface area contributed by atoms with Gasteiger partial charge >= 0.3 is 0 Å². The van der Waals surface area contributed by atoms with Gasteiger partial charge in [-0.05, 0) is 35.9 Å². The summed E-state index contributed by atoms with van der Waals surface area (Å²) in [6.45, 7) is 0. The molecular weight excluding hydrogens is 354 g/mol. The first kappa shape index (κ1) is 17.7. The van der Waals surface area contributed by atoms with Gasteiger partial charge in [-0.3, -0.25) is 4.98 Å². The summed E-state index contributed by atoms with van der Waals surface area (Å²) in [4.78, 5) is 4.61. The first-order chi connectivity index (χ1) is 13.6. The number of hydrogen-bond acceptors (Lipinski definition) is 5. The summed E-state index contributed by atoms with van der Waals surface area (Å²) in [5, 5.41) is 0. The highest BCUT2D eigenvalue weighted by atomic mass is 16.5. The Kier molecular flexibility index (Phi) is 4.53. The van der Waals surface area contributed by atoms with Crippen molar-refractivity contribution in [3.8, 4) is 39.6 Å². The van der Waals surface area contributed by atoms with Crippen molar-refractivity contribution in [2.75, 3.05) is 27.1 Å². The number of anilines is 1. The Morgan fingerprint density at radius 1 is 0.857 bits per heavy atom. The van der Waals surface area contributed by atoms with Crippen LogP contribution in [0.2, 0.25) is 0 Å². The summed E-state index contributed by atoms with van der Waals surface area (Å²) in [5.41, 5.74) is 11.5. The van der Waals surface area contributed by atoms with Crippen LogP contribution >= 0.6 is 0 Å². The molecule has 4 rings (SSSR count). The minimum Gasteiger partial charge on any atom is -0.493 e. The van der Waals surface area contributed by atoms with Crippen LogP contribution in [0.25, 0.3) is 27.9 Å². The highest BCUT2D eigenvalue weighted by Gasteiger charge is 2.17. The zero-order chi connectivity index (χ0) is 19.7. The summed E-state index contributed by atoms with van der Waals surface area (Å²) >= 11 is 0. The average molecular weight is 375 g/mol. The smallest absolute Gasteiger partial charge is 0.203 e. The van der Waals surface area contributed by atoms with Crippen LogP contribution in [0.1, 0.15) is 0 Å². The molecule has 0 radical (unpaired) electrons. The van der Waals surface area contributed by atoms with Gasteiger partial charge in [0.2, 0.25) is 5.75 Å². The number of aromatic nitrogens is 2. The fraction of sp³-hybridized carbons (Fsp3) is 0.136. The minimum atomic E-state index is 0.552. The van der Waals surface area contributed by atoms with Gasteiger partial charge in [0.05, 0.1) is 32.5 Å². The molecule has 28 heavy (non-hydrogen) atoms. The molecule has 0 spiro atoms. The number of ether oxygens (including phenoxy) is 3. The molecule has 4 aromatic rings. The summed E-state index contributed by atoms with van der Waals surface area (Å²) in [5.74, 6) is 1.73. The van der Waals surface area contributed by atoms with Gasteiger partial charge in [-0.25, -0.2) is 0 Å². The first-order valence-corrected chi connectivity index (χ1v) is 8.77. The molecular formula is C22H21N3O3. The van der Waals surface area contributed by atoms with E-state index in [1.54, 1.807) is 27.5 Å². The molecule has 0 fully saturated rings. The third-order valence-electron chi connectivity index (χ3n) is 4.68. The standard InChI is InChI=1S/C22H21N3O3/c1-26-19-11-15(12-20(27-2)22(19)28-3)21-18-10-16(13-25(18)8-7-24-21)14-5-4-6-17(23)9-14/h4-13H,23H2,1-3H3. The summed E-state index contributed by atoms with van der Waals surface area (Å²) in [6, 6.07) is 13.7. The van der Waals surface area contributed by atoms with Gasteiger partial charge in [-0.1, -0.05) is 12.1 Å². The zero-order valence-corrected chi connectivity index (χ0v) is 16.0. The van der Waals surface area contributed by atoms with E-state index in [2.05, 4.69) is 17.2 Å². The Labute approximate surface area is 163 Å². The summed E-state index contributed by atoms with van der Waals surface area (Å²) in [7, 11) is 4.79. The third-order valence-corrected chi connectivity index (χ3v) is 4.68. The SMILES string of the molecule is COc1cc(-c2nccn3cc(-c4cccc(N)c4)cc23)cc(OC)c1OC. The number of nitrogen functional groups attached to an aromatic ring is 1. The topological polar surface area (TPSA) is 71.0 Å². The van der Waals surface area contributed by atoms with E-state index in [-0.39, 0.29) is 0 Å². The number of rotatable bonds is 5. The van der Waals surface area contributed by atoms with Crippen LogP contribution in [0.15, 0.2) is 61.1 Å². The third kappa shape index (κ3) is 2.99. The molecule has 6 nitrogen and oxygen atoms in total. The van der Waals surface area contributed by atoms with Crippen LogP contribution in [0.4, 0.5) is 5.69 Å². The van der Waals surface area contributed by atoms with Crippen molar-refractivity contribution < 1.29 is 14.2 Å². The first-order valence-electron chi connectivity index (χ1n) is 8.77. The molecule has 6 heteroatoms. The van der Waals surface area contributed by atoms with E-state index in [1.807, 2.05) is 47.0 Å². The quantitative estimate of drug-likeness (QED) is 0.527. The lowest BCUT2D eigenvalue weighted by molar-refractivity contribution is 0.324. The molecule has 0 aliphatic carbocycles. The van der Waals surface area contributed by atoms with Crippen molar-refractivity contribution in [1.82, 2.24) is 9.38 Å². The number of nitrogens with zero attached hydrogens (tertiary/aromatic N) is 2. The number of methoxy groups -OCH3 is 3. The molecule has 0 saturated heterocycles. The van der Waals surface area contributed by atoms with E-state index in [9.17, 15) is 0 Å². The Hall–Kier alpha value is -3.67. The maximum Gasteiger partial charge on any atom is 0.203 e. The van der Waals surface area contributed by atoms with Gasteiger partial charge in [0, 0.05) is 35.4 Å². The number of fused-ring (bicyclic) bond motifs is 1. The van der Waals surface area contributed by atoms with Crippen LogP contribution in [0.3, 0.4) is 0 Å². The molecule has 0 bridgehead atoms. The molecule has 0 atom stereocenters. The second-order valence-electron chi connectivity index (χ2n) is 6.34. The maximum absolute atomic E-state index is 5.94. The lowest BCUT2D eigenvalue weighted by Gasteiger charge is -2.14. The van der Waals surface area contributed by atoms with Crippen molar-refractivity contribution in [2.24, 2.45) is 0 Å². The molecule has 142 valence electrons. The lowest BCUT2D eigenvalue weighted by atomic mass is 10.1. The molecule has 0 amide bonds. The van der Waals surface area contributed by atoms with Crippen LogP contribution < -0.4 is 19.9 Å². The van der Waals surface area contributed by atoms with Crippen molar-refractivity contribution in [2.45, 2.75) is 0 Å². The molecule has 2 N–H and O–H groups in total. The van der Waals surface area contributed by atoms with Gasteiger partial charge in [0.25, 0.3) is 0 Å². The number of nitrogens with two attached hydrogens (primary N) is 1. The maximum atomic E-state index is 5.94.